The minimum absolute atomic E-state index is 0.142. The lowest BCUT2D eigenvalue weighted by Crippen LogP contribution is -2.19. The topological polar surface area (TPSA) is 35.5 Å². The highest BCUT2D eigenvalue weighted by Gasteiger charge is 2.37. The van der Waals surface area contributed by atoms with Crippen LogP contribution in [0.5, 0.6) is 5.75 Å². The van der Waals surface area contributed by atoms with Gasteiger partial charge < -0.3 is 12.9 Å². The van der Waals surface area contributed by atoms with Gasteiger partial charge in [0.1, 0.15) is 16.9 Å². The highest BCUT2D eigenvalue weighted by Crippen LogP contribution is 2.57. The molecular weight excluding hydrogens is 968 g/mol. The van der Waals surface area contributed by atoms with Crippen molar-refractivity contribution < 1.29 is 12.9 Å². The summed E-state index contributed by atoms with van der Waals surface area (Å²) in [5.41, 5.74) is 18.8. The molecule has 0 amide bonds. The van der Waals surface area contributed by atoms with E-state index in [0.717, 1.165) is 44.6 Å². The van der Waals surface area contributed by atoms with E-state index in [-0.39, 0.29) is 27.1 Å². The van der Waals surface area contributed by atoms with Gasteiger partial charge in [0.05, 0.1) is 0 Å². The average Bonchev–Trinajstić information content (AvgIpc) is 3.22. The van der Waals surface area contributed by atoms with E-state index in [4.69, 9.17) is 12.9 Å². The van der Waals surface area contributed by atoms with Gasteiger partial charge >= 0.3 is 8.24 Å². The van der Waals surface area contributed by atoms with Crippen molar-refractivity contribution in [3.63, 3.8) is 0 Å². The van der Waals surface area contributed by atoms with E-state index in [2.05, 4.69) is 220 Å². The Kier molecular flexibility index (Phi) is 13.3. The Morgan fingerprint density at radius 3 is 1.53 bits per heavy atom. The van der Waals surface area contributed by atoms with Crippen molar-refractivity contribution in [2.24, 2.45) is 0 Å². The largest absolute Gasteiger partial charge is 0.453 e. The Bertz CT molecular complexity index is 3560. The van der Waals surface area contributed by atoms with Crippen LogP contribution < -0.4 is 4.52 Å². The van der Waals surface area contributed by atoms with Crippen molar-refractivity contribution in [2.45, 2.75) is 218 Å². The third kappa shape index (κ3) is 9.99. The molecule has 0 aliphatic carbocycles. The molecule has 6 aromatic carbocycles. The highest BCUT2D eigenvalue weighted by atomic mass is 32.2. The van der Waals surface area contributed by atoms with Gasteiger partial charge in [0.2, 0.25) is 0 Å². The van der Waals surface area contributed by atoms with Gasteiger partial charge in [-0.1, -0.05) is 154 Å². The predicted octanol–water partition coefficient (Wildman–Crippen LogP) is 22.0. The lowest BCUT2D eigenvalue weighted by molar-refractivity contribution is 0.470. The van der Waals surface area contributed by atoms with Gasteiger partial charge in [0, 0.05) is 56.6 Å². The first-order valence-corrected chi connectivity index (χ1v) is 29.9. The Morgan fingerprint density at radius 2 is 0.959 bits per heavy atom. The van der Waals surface area contributed by atoms with Crippen LogP contribution in [0, 0.1) is 34.6 Å². The molecule has 0 N–H and O–H groups in total. The van der Waals surface area contributed by atoms with E-state index < -0.39 is 13.7 Å². The molecule has 7 heteroatoms. The molecule has 73 heavy (non-hydrogen) atoms. The summed E-state index contributed by atoms with van der Waals surface area (Å²) in [6.07, 6.45) is 0.696. The quantitative estimate of drug-likeness (QED) is 0.151. The molecule has 0 spiro atoms. The molecule has 0 saturated heterocycles. The molecule has 0 saturated carbocycles. The van der Waals surface area contributed by atoms with E-state index in [1.165, 1.54) is 95.6 Å². The Balaban J connectivity index is 1.76. The van der Waals surface area contributed by atoms with Crippen LogP contribution in [0.15, 0.2) is 88.6 Å². The van der Waals surface area contributed by atoms with Crippen LogP contribution in [0.3, 0.4) is 0 Å². The zero-order valence-electron chi connectivity index (χ0n) is 48.4. The van der Waals surface area contributed by atoms with E-state index >= 15 is 0 Å². The van der Waals surface area contributed by atoms with Crippen LogP contribution in [0.1, 0.15) is 197 Å². The molecule has 7 aliphatic rings. The molecule has 0 radical (unpaired) electrons. The third-order valence-electron chi connectivity index (χ3n) is 15.0. The molecule has 7 aliphatic heterocycles. The summed E-state index contributed by atoms with van der Waals surface area (Å²) in [5.74, 6) is 0.801. The number of rotatable bonds is 0. The van der Waals surface area contributed by atoms with Crippen LogP contribution in [0.25, 0.3) is 42.5 Å². The Labute approximate surface area is 452 Å². The first-order valence-electron chi connectivity index (χ1n) is 26.4. The van der Waals surface area contributed by atoms with E-state index in [9.17, 15) is 0 Å². The van der Waals surface area contributed by atoms with Crippen LogP contribution in [0.2, 0.25) is 0 Å². The summed E-state index contributed by atoms with van der Waals surface area (Å²) in [6, 6.07) is 24.4. The molecule has 10 aromatic rings. The van der Waals surface area contributed by atoms with Crippen LogP contribution in [0.4, 0.5) is 0 Å². The molecule has 16 bridgehead atoms. The van der Waals surface area contributed by atoms with Crippen molar-refractivity contribution >= 4 is 74.4 Å². The van der Waals surface area contributed by atoms with Crippen molar-refractivity contribution in [2.75, 3.05) is 0 Å². The fraction of sp³-hybridized carbons (Fsp3) is 0.455. The maximum atomic E-state index is 8.16. The zero-order valence-corrected chi connectivity index (χ0v) is 51.7. The third-order valence-corrected chi connectivity index (χ3v) is 19.9. The normalized spacial score (nSPS) is 14.4. The number of aryl methyl sites for hydroxylation is 5. The van der Waals surface area contributed by atoms with E-state index in [1.54, 1.807) is 0 Å². The molecule has 3 nitrogen and oxygen atoms in total. The number of fused-ring (bicyclic) bond motifs is 1. The number of hydrogen-bond acceptors (Lipinski definition) is 6. The molecule has 17 rings (SSSR count). The fourth-order valence-corrected chi connectivity index (χ4v) is 15.4. The second-order valence-electron chi connectivity index (χ2n) is 27.6. The minimum atomic E-state index is -2.17. The van der Waals surface area contributed by atoms with Crippen LogP contribution >= 0.6 is 43.1 Å². The van der Waals surface area contributed by atoms with Gasteiger partial charge in [-0.05, 0) is 195 Å². The van der Waals surface area contributed by atoms with Crippen molar-refractivity contribution in [1.29, 1.82) is 0 Å². The second kappa shape index (κ2) is 18.0. The molecule has 1 atom stereocenters. The molecule has 11 heterocycles. The summed E-state index contributed by atoms with van der Waals surface area (Å²) >= 11 is 5.77. The van der Waals surface area contributed by atoms with Gasteiger partial charge in [-0.2, -0.15) is 0 Å². The summed E-state index contributed by atoms with van der Waals surface area (Å²) < 4.78 is 25.8. The Hall–Kier alpha value is -4.06. The fourth-order valence-electron chi connectivity index (χ4n) is 11.0. The first kappa shape index (κ1) is 53.8. The average molecular weight is 1050 g/mol. The lowest BCUT2D eigenvalue weighted by Gasteiger charge is -2.33. The Morgan fingerprint density at radius 1 is 0.452 bits per heavy atom. The van der Waals surface area contributed by atoms with Crippen molar-refractivity contribution in [1.82, 2.24) is 0 Å². The second-order valence-corrected chi connectivity index (χ2v) is 31.8. The summed E-state index contributed by atoms with van der Waals surface area (Å²) in [6.45, 7) is 53.8. The van der Waals surface area contributed by atoms with Gasteiger partial charge in [-0.25, -0.2) is 0 Å². The summed E-state index contributed by atoms with van der Waals surface area (Å²) in [5, 5.41) is 2.34. The predicted molar refractivity (Wildman–Crippen MR) is 321 cm³/mol. The van der Waals surface area contributed by atoms with Crippen molar-refractivity contribution in [3.8, 4) is 16.9 Å². The highest BCUT2D eigenvalue weighted by molar-refractivity contribution is 7.99. The zero-order chi connectivity index (χ0) is 53.6. The van der Waals surface area contributed by atoms with Crippen LogP contribution in [-0.4, -0.2) is 0 Å². The van der Waals surface area contributed by atoms with Gasteiger partial charge in [-0.3, -0.25) is 0 Å². The smallest absolute Gasteiger partial charge is 0.390 e. The van der Waals surface area contributed by atoms with Crippen LogP contribution in [-0.2, 0) is 38.9 Å². The van der Waals surface area contributed by atoms with Crippen molar-refractivity contribution in [3.05, 3.63) is 133 Å². The monoisotopic (exact) mass is 1050 g/mol. The van der Waals surface area contributed by atoms with Gasteiger partial charge in [-0.15, -0.1) is 11.3 Å². The standard InChI is InChI=1S/C66H81O3PS3/c1-35-24-40-29-43-56-41-25-36(2)52(31-45(41)62(9,10)11)72-54-33-47(64(15,16)17)49(27-38(54)4)67-70-68-50-28-39(5)55(34-48(50)65(18,19)20)73-60(43)57(58(59(56)69-70)66(21,22)23)42-26-37(3)53(32-46(42)63(12,13)14)71-51(35)30-44(40)61(6,7)8/h24-28,30-34H,29H2,1-23H3. The number of hydrogen-bond donors (Lipinski definition) is 0. The SMILES string of the molecule is Cc1cc2c(C(C)(C)C)cc1Sc1cc(C(C)(C)C)c(cc1C)-c1c3c(c4c5cc(C)c(cc5C(C)(C)C)sc5cc(C(C)(C)C)c(cc5C)op(oc4c1C(C)(C)C)Oc1cc(C)c(cc1C(C)(C)C)S3)C2. The number of benzene rings is 6. The molecule has 1 unspecified atom stereocenters. The molecule has 0 fully saturated rings. The maximum Gasteiger partial charge on any atom is 0.453 e. The van der Waals surface area contributed by atoms with Gasteiger partial charge in [0.25, 0.3) is 0 Å². The van der Waals surface area contributed by atoms with E-state index in [0.29, 0.717) is 6.42 Å². The molecular formula is C66H81O3PS3. The van der Waals surface area contributed by atoms with E-state index in [1.807, 2.05) is 34.9 Å². The lowest BCUT2D eigenvalue weighted by atomic mass is 9.73. The molecule has 386 valence electrons. The first-order chi connectivity index (χ1) is 33.5. The van der Waals surface area contributed by atoms with Gasteiger partial charge in [0.15, 0.2) is 0 Å². The maximum absolute atomic E-state index is 8.16. The molecule has 4 aromatic heterocycles. The minimum Gasteiger partial charge on any atom is -0.390 e. The summed E-state index contributed by atoms with van der Waals surface area (Å²) in [4.78, 5) is 5.13. The summed E-state index contributed by atoms with van der Waals surface area (Å²) in [7, 11) is -2.17.